The number of hydrogen-bond acceptors (Lipinski definition) is 5. The van der Waals surface area contributed by atoms with Crippen molar-refractivity contribution in [3.05, 3.63) is 27.8 Å². The van der Waals surface area contributed by atoms with Gasteiger partial charge in [-0.05, 0) is 13.3 Å². The summed E-state index contributed by atoms with van der Waals surface area (Å²) in [6.45, 7) is 4.00. The Hall–Kier alpha value is -2.31. The number of unbranched alkanes of at least 4 members (excludes halogenated alkanes) is 2. The smallest absolute Gasteiger partial charge is 0.286 e. The Bertz CT molecular complexity index is 560. The summed E-state index contributed by atoms with van der Waals surface area (Å²) in [5.41, 5.74) is -0.337. The highest BCUT2D eigenvalue weighted by Gasteiger charge is 2.25. The molecule has 0 saturated carbocycles. The van der Waals surface area contributed by atoms with Gasteiger partial charge >= 0.3 is 0 Å². The number of rotatable bonds is 9. The lowest BCUT2D eigenvalue weighted by Gasteiger charge is -2.15. The van der Waals surface area contributed by atoms with Gasteiger partial charge in [0.2, 0.25) is 0 Å². The first-order valence-electron chi connectivity index (χ1n) is 7.65. The lowest BCUT2D eigenvalue weighted by atomic mass is 10.1. The maximum Gasteiger partial charge on any atom is 0.286 e. The first-order chi connectivity index (χ1) is 10.9. The number of carbonyl (C=O) groups is 1. The van der Waals surface area contributed by atoms with Gasteiger partial charge in [-0.1, -0.05) is 26.2 Å². The predicted octanol–water partition coefficient (Wildman–Crippen LogP) is 3.31. The van der Waals surface area contributed by atoms with Crippen molar-refractivity contribution in [3.8, 4) is 11.5 Å². The molecule has 1 rings (SSSR count). The van der Waals surface area contributed by atoms with Crippen molar-refractivity contribution in [2.45, 2.75) is 45.6 Å². The third-order valence-corrected chi connectivity index (χ3v) is 3.56. The number of nitro groups is 1. The van der Waals surface area contributed by atoms with Gasteiger partial charge in [0.15, 0.2) is 11.5 Å². The van der Waals surface area contributed by atoms with Crippen LogP contribution in [-0.4, -0.2) is 31.1 Å². The zero-order valence-corrected chi connectivity index (χ0v) is 14.0. The van der Waals surface area contributed by atoms with Crippen molar-refractivity contribution < 1.29 is 19.2 Å². The highest BCUT2D eigenvalue weighted by Crippen LogP contribution is 2.34. The highest BCUT2D eigenvalue weighted by molar-refractivity contribution is 5.99. The number of nitrogens with zero attached hydrogens (tertiary/aromatic N) is 1. The monoisotopic (exact) mass is 324 g/mol. The summed E-state index contributed by atoms with van der Waals surface area (Å²) in [5, 5.41) is 14.0. The quantitative estimate of drug-likeness (QED) is 0.427. The molecule has 0 spiro atoms. The second-order valence-corrected chi connectivity index (χ2v) is 5.35. The first kappa shape index (κ1) is 18.7. The summed E-state index contributed by atoms with van der Waals surface area (Å²) in [7, 11) is 2.80. The molecule has 7 heteroatoms. The largest absolute Gasteiger partial charge is 0.493 e. The van der Waals surface area contributed by atoms with Crippen LogP contribution in [0.25, 0.3) is 0 Å². The summed E-state index contributed by atoms with van der Waals surface area (Å²) in [5.74, 6) is 0.00952. The van der Waals surface area contributed by atoms with Gasteiger partial charge in [-0.3, -0.25) is 14.9 Å². The van der Waals surface area contributed by atoms with E-state index in [0.717, 1.165) is 25.7 Å². The lowest BCUT2D eigenvalue weighted by molar-refractivity contribution is -0.385. The molecule has 0 radical (unpaired) electrons. The fraction of sp³-hybridized carbons (Fsp3) is 0.562. The Balaban J connectivity index is 3.00. The molecule has 0 aromatic heterocycles. The van der Waals surface area contributed by atoms with Crippen LogP contribution in [0.2, 0.25) is 0 Å². The number of nitro benzene ring substituents is 1. The van der Waals surface area contributed by atoms with E-state index in [2.05, 4.69) is 12.2 Å². The minimum atomic E-state index is -0.599. The van der Waals surface area contributed by atoms with E-state index in [0.29, 0.717) is 0 Å². The fourth-order valence-corrected chi connectivity index (χ4v) is 2.28. The molecule has 0 bridgehead atoms. The van der Waals surface area contributed by atoms with Crippen molar-refractivity contribution in [3.63, 3.8) is 0 Å². The molecule has 0 aliphatic carbocycles. The Morgan fingerprint density at radius 3 is 2.39 bits per heavy atom. The normalized spacial score (nSPS) is 11.7. The summed E-state index contributed by atoms with van der Waals surface area (Å²) in [4.78, 5) is 23.0. The molecule has 1 unspecified atom stereocenters. The molecule has 0 aliphatic rings. The van der Waals surface area contributed by atoms with Crippen LogP contribution in [0.15, 0.2) is 12.1 Å². The van der Waals surface area contributed by atoms with Gasteiger partial charge in [0.1, 0.15) is 5.56 Å². The Kier molecular flexibility index (Phi) is 7.31. The molecule has 0 aliphatic heterocycles. The van der Waals surface area contributed by atoms with Crippen LogP contribution in [0.4, 0.5) is 5.69 Å². The van der Waals surface area contributed by atoms with Gasteiger partial charge in [0.05, 0.1) is 25.2 Å². The molecule has 1 aromatic carbocycles. The number of benzene rings is 1. The van der Waals surface area contributed by atoms with Crippen molar-refractivity contribution in [1.29, 1.82) is 0 Å². The Morgan fingerprint density at radius 2 is 1.87 bits per heavy atom. The minimum absolute atomic E-state index is 0.0324. The SMILES string of the molecule is CCCCCC(C)NC(=O)c1cc(OC)c(OC)cc1[N+](=O)[O-]. The minimum Gasteiger partial charge on any atom is -0.493 e. The van der Waals surface area contributed by atoms with Gasteiger partial charge in [0, 0.05) is 12.1 Å². The molecule has 7 nitrogen and oxygen atoms in total. The molecule has 1 aromatic rings. The topological polar surface area (TPSA) is 90.7 Å². The zero-order valence-electron chi connectivity index (χ0n) is 14.0. The summed E-state index contributed by atoms with van der Waals surface area (Å²) >= 11 is 0. The van der Waals surface area contributed by atoms with E-state index in [9.17, 15) is 14.9 Å². The second kappa shape index (κ2) is 8.97. The van der Waals surface area contributed by atoms with Crippen LogP contribution in [0.5, 0.6) is 11.5 Å². The number of methoxy groups -OCH3 is 2. The average Bonchev–Trinajstić information content (AvgIpc) is 2.53. The lowest BCUT2D eigenvalue weighted by Crippen LogP contribution is -2.33. The predicted molar refractivity (Wildman–Crippen MR) is 87.3 cm³/mol. The molecule has 23 heavy (non-hydrogen) atoms. The van der Waals surface area contributed by atoms with Crippen molar-refractivity contribution in [2.24, 2.45) is 0 Å². The standard InChI is InChI=1S/C16H24N2O5/c1-5-6-7-8-11(2)17-16(19)12-9-14(22-3)15(23-4)10-13(12)18(20)21/h9-11H,5-8H2,1-4H3,(H,17,19). The van der Waals surface area contributed by atoms with Gasteiger partial charge < -0.3 is 14.8 Å². The average molecular weight is 324 g/mol. The van der Waals surface area contributed by atoms with Gasteiger partial charge in [-0.15, -0.1) is 0 Å². The second-order valence-electron chi connectivity index (χ2n) is 5.35. The maximum atomic E-state index is 12.4. The molecule has 1 atom stereocenters. The van der Waals surface area contributed by atoms with Crippen LogP contribution in [0.3, 0.4) is 0 Å². The van der Waals surface area contributed by atoms with Gasteiger partial charge in [0.25, 0.3) is 11.6 Å². The van der Waals surface area contributed by atoms with Gasteiger partial charge in [-0.25, -0.2) is 0 Å². The molecule has 128 valence electrons. The van der Waals surface area contributed by atoms with E-state index < -0.39 is 10.8 Å². The first-order valence-corrected chi connectivity index (χ1v) is 7.65. The number of amides is 1. The molecule has 0 fully saturated rings. The summed E-state index contributed by atoms with van der Waals surface area (Å²) in [6, 6.07) is 2.49. The van der Waals surface area contributed by atoms with Crippen LogP contribution in [0.1, 0.15) is 49.9 Å². The van der Waals surface area contributed by atoms with Gasteiger partial charge in [-0.2, -0.15) is 0 Å². The number of carbonyl (C=O) groups excluding carboxylic acids is 1. The summed E-state index contributed by atoms with van der Waals surface area (Å²) in [6.07, 6.45) is 4.03. The number of ether oxygens (including phenoxy) is 2. The molecular weight excluding hydrogens is 300 g/mol. The van der Waals surface area contributed by atoms with Crippen LogP contribution >= 0.6 is 0 Å². The molecule has 1 amide bonds. The van der Waals surface area contributed by atoms with E-state index in [1.807, 2.05) is 6.92 Å². The van der Waals surface area contributed by atoms with E-state index in [1.165, 1.54) is 26.4 Å². The highest BCUT2D eigenvalue weighted by atomic mass is 16.6. The van der Waals surface area contributed by atoms with Crippen LogP contribution in [-0.2, 0) is 0 Å². The van der Waals surface area contributed by atoms with Crippen LogP contribution < -0.4 is 14.8 Å². The van der Waals surface area contributed by atoms with E-state index in [4.69, 9.17) is 9.47 Å². The Labute approximate surface area is 136 Å². The van der Waals surface area contributed by atoms with E-state index in [1.54, 1.807) is 0 Å². The van der Waals surface area contributed by atoms with Crippen molar-refractivity contribution in [1.82, 2.24) is 5.32 Å². The van der Waals surface area contributed by atoms with E-state index >= 15 is 0 Å². The Morgan fingerprint density at radius 1 is 1.26 bits per heavy atom. The number of hydrogen-bond donors (Lipinski definition) is 1. The van der Waals surface area contributed by atoms with Crippen molar-refractivity contribution in [2.75, 3.05) is 14.2 Å². The molecule has 0 saturated heterocycles. The van der Waals surface area contributed by atoms with Crippen LogP contribution in [0, 0.1) is 10.1 Å². The molecule has 0 heterocycles. The maximum absolute atomic E-state index is 12.4. The van der Waals surface area contributed by atoms with E-state index in [-0.39, 0.29) is 28.8 Å². The third kappa shape index (κ3) is 5.12. The third-order valence-electron chi connectivity index (χ3n) is 3.56. The fourth-order valence-electron chi connectivity index (χ4n) is 2.28. The molecular formula is C16H24N2O5. The van der Waals surface area contributed by atoms with Crippen molar-refractivity contribution >= 4 is 11.6 Å². The molecule has 1 N–H and O–H groups in total. The summed E-state index contributed by atoms with van der Waals surface area (Å²) < 4.78 is 10.2. The number of nitrogens with one attached hydrogen (secondary N) is 1. The zero-order chi connectivity index (χ0) is 17.4.